The zero-order valence-corrected chi connectivity index (χ0v) is 15.8. The first-order chi connectivity index (χ1) is 13.4. The molecule has 1 fully saturated rings. The van der Waals surface area contributed by atoms with Crippen molar-refractivity contribution < 1.29 is 14.5 Å². The molecule has 1 heterocycles. The predicted molar refractivity (Wildman–Crippen MR) is 106 cm³/mol. The molecular weight excluding hydrogens is 360 g/mol. The summed E-state index contributed by atoms with van der Waals surface area (Å²) in [5, 5.41) is 13.3. The summed E-state index contributed by atoms with van der Waals surface area (Å²) >= 11 is 0. The topological polar surface area (TPSA) is 95.8 Å². The minimum atomic E-state index is -0.791. The van der Waals surface area contributed by atoms with Gasteiger partial charge < -0.3 is 15.1 Å². The molecule has 0 aromatic heterocycles. The molecule has 8 nitrogen and oxygen atoms in total. The Bertz CT molecular complexity index is 920. The van der Waals surface area contributed by atoms with Crippen molar-refractivity contribution in [2.45, 2.75) is 13.8 Å². The van der Waals surface area contributed by atoms with Crippen molar-refractivity contribution in [2.24, 2.45) is 0 Å². The molecule has 2 aromatic rings. The maximum atomic E-state index is 12.4. The molecule has 1 N–H and O–H groups in total. The molecule has 0 saturated carbocycles. The summed E-state index contributed by atoms with van der Waals surface area (Å²) in [6.45, 7) is 6.30. The van der Waals surface area contributed by atoms with Gasteiger partial charge in [-0.2, -0.15) is 0 Å². The van der Waals surface area contributed by atoms with E-state index in [9.17, 15) is 19.7 Å². The van der Waals surface area contributed by atoms with E-state index in [0.29, 0.717) is 26.2 Å². The standard InChI is InChI=1S/C20H22N4O4/c1-14-5-3-8-18(15(14)2)22-9-11-23(12-10-22)20(26)19(25)21-16-6-4-7-17(13-16)24(27)28/h3-8,13H,9-12H2,1-2H3,(H,21,25). The molecule has 28 heavy (non-hydrogen) atoms. The van der Waals surface area contributed by atoms with Crippen LogP contribution in [0.5, 0.6) is 0 Å². The van der Waals surface area contributed by atoms with Crippen molar-refractivity contribution in [1.82, 2.24) is 4.90 Å². The Kier molecular flexibility index (Phi) is 5.58. The van der Waals surface area contributed by atoms with Gasteiger partial charge in [0.2, 0.25) is 0 Å². The molecule has 2 amide bonds. The number of piperazine rings is 1. The summed E-state index contributed by atoms with van der Waals surface area (Å²) in [6.07, 6.45) is 0. The van der Waals surface area contributed by atoms with E-state index in [1.165, 1.54) is 40.3 Å². The minimum Gasteiger partial charge on any atom is -0.368 e. The van der Waals surface area contributed by atoms with Crippen LogP contribution in [0.2, 0.25) is 0 Å². The van der Waals surface area contributed by atoms with Gasteiger partial charge in [-0.05, 0) is 37.1 Å². The SMILES string of the molecule is Cc1cccc(N2CCN(C(=O)C(=O)Nc3cccc([N+](=O)[O-])c3)CC2)c1C. The Balaban J connectivity index is 1.60. The second-order valence-electron chi connectivity index (χ2n) is 6.76. The van der Waals surface area contributed by atoms with E-state index < -0.39 is 16.7 Å². The maximum absolute atomic E-state index is 12.4. The fraction of sp³-hybridized carbons (Fsp3) is 0.300. The molecule has 146 valence electrons. The average molecular weight is 382 g/mol. The lowest BCUT2D eigenvalue weighted by Crippen LogP contribution is -2.51. The van der Waals surface area contributed by atoms with Gasteiger partial charge in [0.1, 0.15) is 0 Å². The van der Waals surface area contributed by atoms with Crippen LogP contribution in [0.15, 0.2) is 42.5 Å². The van der Waals surface area contributed by atoms with E-state index in [4.69, 9.17) is 0 Å². The van der Waals surface area contributed by atoms with Crippen LogP contribution in [0.1, 0.15) is 11.1 Å². The predicted octanol–water partition coefficient (Wildman–Crippen LogP) is 2.50. The lowest BCUT2D eigenvalue weighted by molar-refractivity contribution is -0.384. The zero-order chi connectivity index (χ0) is 20.3. The quantitative estimate of drug-likeness (QED) is 0.500. The fourth-order valence-corrected chi connectivity index (χ4v) is 3.25. The molecule has 0 radical (unpaired) electrons. The van der Waals surface area contributed by atoms with Crippen LogP contribution in [-0.4, -0.2) is 47.8 Å². The Morgan fingerprint density at radius 3 is 2.39 bits per heavy atom. The average Bonchev–Trinajstić information content (AvgIpc) is 2.70. The number of nitro benzene ring substituents is 1. The van der Waals surface area contributed by atoms with Crippen molar-refractivity contribution in [2.75, 3.05) is 36.4 Å². The third-order valence-corrected chi connectivity index (χ3v) is 4.99. The summed E-state index contributed by atoms with van der Waals surface area (Å²) in [5.74, 6) is -1.42. The number of nitro groups is 1. The number of rotatable bonds is 3. The van der Waals surface area contributed by atoms with Gasteiger partial charge in [-0.1, -0.05) is 18.2 Å². The van der Waals surface area contributed by atoms with Crippen molar-refractivity contribution in [1.29, 1.82) is 0 Å². The van der Waals surface area contributed by atoms with Gasteiger partial charge in [-0.3, -0.25) is 19.7 Å². The first-order valence-corrected chi connectivity index (χ1v) is 9.02. The zero-order valence-electron chi connectivity index (χ0n) is 15.8. The van der Waals surface area contributed by atoms with Crippen LogP contribution in [0.25, 0.3) is 0 Å². The van der Waals surface area contributed by atoms with Crippen molar-refractivity contribution in [3.05, 3.63) is 63.7 Å². The number of hydrogen-bond donors (Lipinski definition) is 1. The highest BCUT2D eigenvalue weighted by Gasteiger charge is 2.27. The Morgan fingerprint density at radius 1 is 1.04 bits per heavy atom. The van der Waals surface area contributed by atoms with Gasteiger partial charge in [0.05, 0.1) is 4.92 Å². The van der Waals surface area contributed by atoms with E-state index in [2.05, 4.69) is 36.2 Å². The largest absolute Gasteiger partial charge is 0.368 e. The number of nitrogens with one attached hydrogen (secondary N) is 1. The molecule has 1 saturated heterocycles. The number of aryl methyl sites for hydroxylation is 1. The third kappa shape index (κ3) is 4.11. The number of hydrogen-bond acceptors (Lipinski definition) is 5. The Morgan fingerprint density at radius 2 is 1.71 bits per heavy atom. The molecule has 0 aliphatic carbocycles. The van der Waals surface area contributed by atoms with Crippen molar-refractivity contribution >= 4 is 28.9 Å². The summed E-state index contributed by atoms with van der Waals surface area (Å²) in [5.41, 5.74) is 3.65. The number of non-ortho nitro benzene ring substituents is 1. The number of carbonyl (C=O) groups excluding carboxylic acids is 2. The molecule has 1 aliphatic heterocycles. The van der Waals surface area contributed by atoms with E-state index in [1.54, 1.807) is 0 Å². The first kappa shape index (κ1) is 19.3. The second kappa shape index (κ2) is 8.08. The summed E-state index contributed by atoms with van der Waals surface area (Å²) in [6, 6.07) is 11.7. The number of nitrogens with zero attached hydrogens (tertiary/aromatic N) is 3. The first-order valence-electron chi connectivity index (χ1n) is 9.02. The molecule has 1 aliphatic rings. The molecule has 8 heteroatoms. The molecular formula is C20H22N4O4. The fourth-order valence-electron chi connectivity index (χ4n) is 3.25. The summed E-state index contributed by atoms with van der Waals surface area (Å²) < 4.78 is 0. The number of benzene rings is 2. The van der Waals surface area contributed by atoms with Crippen LogP contribution in [0, 0.1) is 24.0 Å². The Hall–Kier alpha value is -3.42. The molecule has 0 unspecified atom stereocenters. The van der Waals surface area contributed by atoms with E-state index in [1.807, 2.05) is 6.07 Å². The van der Waals surface area contributed by atoms with Gasteiger partial charge in [-0.25, -0.2) is 0 Å². The van der Waals surface area contributed by atoms with Crippen molar-refractivity contribution in [3.63, 3.8) is 0 Å². The molecule has 3 rings (SSSR count). The monoisotopic (exact) mass is 382 g/mol. The number of amides is 2. The Labute approximate surface area is 162 Å². The van der Waals surface area contributed by atoms with Crippen LogP contribution >= 0.6 is 0 Å². The van der Waals surface area contributed by atoms with E-state index >= 15 is 0 Å². The lowest BCUT2D eigenvalue weighted by Gasteiger charge is -2.36. The van der Waals surface area contributed by atoms with Crippen molar-refractivity contribution in [3.8, 4) is 0 Å². The molecule has 0 bridgehead atoms. The summed E-state index contributed by atoms with van der Waals surface area (Å²) in [7, 11) is 0. The number of anilines is 2. The highest BCUT2D eigenvalue weighted by molar-refractivity contribution is 6.39. The van der Waals surface area contributed by atoms with Crippen LogP contribution in [0.3, 0.4) is 0 Å². The van der Waals surface area contributed by atoms with Gasteiger partial charge in [-0.15, -0.1) is 0 Å². The van der Waals surface area contributed by atoms with Gasteiger partial charge in [0, 0.05) is 49.7 Å². The van der Waals surface area contributed by atoms with Gasteiger partial charge in [0.15, 0.2) is 0 Å². The second-order valence-corrected chi connectivity index (χ2v) is 6.76. The molecule has 0 atom stereocenters. The lowest BCUT2D eigenvalue weighted by atomic mass is 10.1. The maximum Gasteiger partial charge on any atom is 0.313 e. The minimum absolute atomic E-state index is 0.146. The van der Waals surface area contributed by atoms with Crippen LogP contribution < -0.4 is 10.2 Å². The highest BCUT2D eigenvalue weighted by Crippen LogP contribution is 2.24. The van der Waals surface area contributed by atoms with E-state index in [-0.39, 0.29) is 11.4 Å². The van der Waals surface area contributed by atoms with Gasteiger partial charge >= 0.3 is 11.8 Å². The number of carbonyl (C=O) groups is 2. The van der Waals surface area contributed by atoms with E-state index in [0.717, 1.165) is 5.69 Å². The van der Waals surface area contributed by atoms with Crippen LogP contribution in [-0.2, 0) is 9.59 Å². The normalized spacial score (nSPS) is 13.9. The summed E-state index contributed by atoms with van der Waals surface area (Å²) in [4.78, 5) is 38.7. The van der Waals surface area contributed by atoms with Gasteiger partial charge in [0.25, 0.3) is 5.69 Å². The smallest absolute Gasteiger partial charge is 0.313 e. The molecule has 2 aromatic carbocycles. The van der Waals surface area contributed by atoms with Crippen LogP contribution in [0.4, 0.5) is 17.1 Å². The molecule has 0 spiro atoms. The highest BCUT2D eigenvalue weighted by atomic mass is 16.6. The third-order valence-electron chi connectivity index (χ3n) is 4.99.